The van der Waals surface area contributed by atoms with Crippen LogP contribution in [0.25, 0.3) is 10.9 Å². The zero-order valence-electron chi connectivity index (χ0n) is 13.9. The molecule has 3 aromatic rings. The predicted octanol–water partition coefficient (Wildman–Crippen LogP) is 3.78. The number of hydrogen-bond donors (Lipinski definition) is 2. The number of carbonyl (C=O) groups is 2. The lowest BCUT2D eigenvalue weighted by Gasteiger charge is -2.09. The molecule has 0 aliphatic carbocycles. The highest BCUT2D eigenvalue weighted by Crippen LogP contribution is 2.15. The van der Waals surface area contributed by atoms with Gasteiger partial charge in [-0.05, 0) is 36.4 Å². The number of hydrogen-bond acceptors (Lipinski definition) is 3. The van der Waals surface area contributed by atoms with Gasteiger partial charge in [0.1, 0.15) is 12.2 Å². The number of aromatic nitrogens is 1. The monoisotopic (exact) mass is 373 g/mol. The maximum atomic E-state index is 12.3. The molecule has 0 aliphatic heterocycles. The Balaban J connectivity index is 1.66. The summed E-state index contributed by atoms with van der Waals surface area (Å²) in [6, 6.07) is 16.3. The first-order valence-electron chi connectivity index (χ1n) is 7.94. The summed E-state index contributed by atoms with van der Waals surface area (Å²) in [5.74, 6) is -1.28. The molecule has 27 heavy (non-hydrogen) atoms. The van der Waals surface area contributed by atoms with Crippen molar-refractivity contribution in [3.05, 3.63) is 71.9 Å². The number of rotatable bonds is 4. The van der Waals surface area contributed by atoms with Crippen LogP contribution in [0.3, 0.4) is 0 Å². The molecule has 2 amide bonds. The molecule has 0 saturated heterocycles. The quantitative estimate of drug-likeness (QED) is 0.731. The Bertz CT molecular complexity index is 985. The van der Waals surface area contributed by atoms with E-state index >= 15 is 0 Å². The third kappa shape index (κ3) is 4.81. The van der Waals surface area contributed by atoms with Gasteiger partial charge in [-0.25, -0.2) is 4.98 Å². The maximum absolute atomic E-state index is 12.3. The third-order valence-electron chi connectivity index (χ3n) is 3.69. The molecule has 0 fully saturated rings. The van der Waals surface area contributed by atoms with Gasteiger partial charge in [0.25, 0.3) is 11.8 Å². The highest BCUT2D eigenvalue weighted by Gasteiger charge is 2.27. The van der Waals surface area contributed by atoms with Crippen molar-refractivity contribution in [2.24, 2.45) is 0 Å². The minimum Gasteiger partial charge on any atom is -0.343 e. The molecule has 3 rings (SSSR count). The zero-order chi connectivity index (χ0) is 19.4. The van der Waals surface area contributed by atoms with Gasteiger partial charge in [0.05, 0.1) is 5.52 Å². The van der Waals surface area contributed by atoms with Gasteiger partial charge in [0, 0.05) is 16.6 Å². The highest BCUT2D eigenvalue weighted by molar-refractivity contribution is 6.04. The van der Waals surface area contributed by atoms with Crippen molar-refractivity contribution in [3.63, 3.8) is 0 Å². The van der Waals surface area contributed by atoms with E-state index in [1.54, 1.807) is 23.5 Å². The van der Waals surface area contributed by atoms with E-state index in [2.05, 4.69) is 10.3 Å². The average molecular weight is 373 g/mol. The van der Waals surface area contributed by atoms with Gasteiger partial charge in [-0.3, -0.25) is 9.59 Å². The summed E-state index contributed by atoms with van der Waals surface area (Å²) in [5, 5.41) is 5.32. The minimum atomic E-state index is -4.48. The molecule has 0 spiro atoms. The molecular weight excluding hydrogens is 359 g/mol. The molecule has 8 heteroatoms. The Morgan fingerprint density at radius 3 is 2.30 bits per heavy atom. The molecule has 2 aromatic carbocycles. The van der Waals surface area contributed by atoms with Crippen molar-refractivity contribution in [2.75, 3.05) is 11.9 Å². The maximum Gasteiger partial charge on any atom is 0.405 e. The van der Waals surface area contributed by atoms with Gasteiger partial charge >= 0.3 is 6.18 Å². The van der Waals surface area contributed by atoms with Gasteiger partial charge in [-0.15, -0.1) is 0 Å². The van der Waals surface area contributed by atoms with Crippen molar-refractivity contribution < 1.29 is 22.8 Å². The van der Waals surface area contributed by atoms with Gasteiger partial charge < -0.3 is 10.6 Å². The summed E-state index contributed by atoms with van der Waals surface area (Å²) < 4.78 is 36.4. The number of pyridine rings is 1. The number of carbonyl (C=O) groups excluding carboxylic acids is 2. The Kier molecular flexibility index (Phi) is 5.07. The molecule has 2 N–H and O–H groups in total. The SMILES string of the molecule is O=C(NCC(F)(F)F)c1ccc(NC(=O)c2ccc3ccccc3n2)cc1. The Labute approximate surface area is 152 Å². The molecular formula is C19H14F3N3O2. The van der Waals surface area contributed by atoms with Crippen molar-refractivity contribution in [1.82, 2.24) is 10.3 Å². The summed E-state index contributed by atoms with van der Waals surface area (Å²) in [4.78, 5) is 28.3. The van der Waals surface area contributed by atoms with E-state index in [9.17, 15) is 22.8 Å². The van der Waals surface area contributed by atoms with Crippen molar-refractivity contribution in [2.45, 2.75) is 6.18 Å². The van der Waals surface area contributed by atoms with Gasteiger partial charge in [-0.2, -0.15) is 13.2 Å². The first-order chi connectivity index (χ1) is 12.8. The van der Waals surface area contributed by atoms with Crippen LogP contribution in [0.1, 0.15) is 20.8 Å². The Morgan fingerprint density at radius 2 is 1.59 bits per heavy atom. The van der Waals surface area contributed by atoms with Crippen LogP contribution < -0.4 is 10.6 Å². The summed E-state index contributed by atoms with van der Waals surface area (Å²) in [5.41, 5.74) is 1.35. The molecule has 0 atom stereocenters. The molecule has 138 valence electrons. The second-order valence-electron chi connectivity index (χ2n) is 5.72. The fraction of sp³-hybridized carbons (Fsp3) is 0.105. The summed E-state index contributed by atoms with van der Waals surface area (Å²) >= 11 is 0. The number of nitrogens with zero attached hydrogens (tertiary/aromatic N) is 1. The number of alkyl halides is 3. The molecule has 0 radical (unpaired) electrons. The zero-order valence-corrected chi connectivity index (χ0v) is 13.9. The van der Waals surface area contributed by atoms with E-state index in [1.807, 2.05) is 18.2 Å². The standard InChI is InChI=1S/C19H14F3N3O2/c20-19(21,22)11-23-17(26)13-5-8-14(9-6-13)24-18(27)16-10-7-12-3-1-2-4-15(12)25-16/h1-10H,11H2,(H,23,26)(H,24,27). The summed E-state index contributed by atoms with van der Waals surface area (Å²) in [6.45, 7) is -1.40. The van der Waals surface area contributed by atoms with E-state index < -0.39 is 24.5 Å². The molecule has 0 aliphatic rings. The van der Waals surface area contributed by atoms with Crippen LogP contribution in [0.15, 0.2) is 60.7 Å². The summed E-state index contributed by atoms with van der Waals surface area (Å²) in [6.07, 6.45) is -4.48. The fourth-order valence-corrected chi connectivity index (χ4v) is 2.38. The first kappa shape index (κ1) is 18.4. The number of benzene rings is 2. The van der Waals surface area contributed by atoms with Crippen LogP contribution in [0, 0.1) is 0 Å². The lowest BCUT2D eigenvalue weighted by molar-refractivity contribution is -0.123. The van der Waals surface area contributed by atoms with Crippen LogP contribution in [0.4, 0.5) is 18.9 Å². The lowest BCUT2D eigenvalue weighted by Crippen LogP contribution is -2.33. The van der Waals surface area contributed by atoms with E-state index in [-0.39, 0.29) is 11.3 Å². The third-order valence-corrected chi connectivity index (χ3v) is 3.69. The first-order valence-corrected chi connectivity index (χ1v) is 7.94. The van der Waals surface area contributed by atoms with E-state index in [4.69, 9.17) is 0 Å². The van der Waals surface area contributed by atoms with E-state index in [0.717, 1.165) is 5.39 Å². The number of para-hydroxylation sites is 1. The van der Waals surface area contributed by atoms with Gasteiger partial charge in [0.15, 0.2) is 0 Å². The fourth-order valence-electron chi connectivity index (χ4n) is 2.38. The van der Waals surface area contributed by atoms with Crippen LogP contribution in [0.2, 0.25) is 0 Å². The van der Waals surface area contributed by atoms with E-state index in [1.165, 1.54) is 24.3 Å². The van der Waals surface area contributed by atoms with Gasteiger partial charge in [0.2, 0.25) is 0 Å². The smallest absolute Gasteiger partial charge is 0.343 e. The summed E-state index contributed by atoms with van der Waals surface area (Å²) in [7, 11) is 0. The Morgan fingerprint density at radius 1 is 0.889 bits per heavy atom. The minimum absolute atomic E-state index is 0.0566. The topological polar surface area (TPSA) is 71.1 Å². The molecule has 5 nitrogen and oxygen atoms in total. The van der Waals surface area contributed by atoms with Crippen molar-refractivity contribution >= 4 is 28.4 Å². The molecule has 1 aromatic heterocycles. The van der Waals surface area contributed by atoms with Crippen LogP contribution in [0.5, 0.6) is 0 Å². The van der Waals surface area contributed by atoms with Crippen LogP contribution in [-0.4, -0.2) is 29.5 Å². The Hall–Kier alpha value is -3.42. The molecule has 0 saturated carbocycles. The van der Waals surface area contributed by atoms with Crippen LogP contribution >= 0.6 is 0 Å². The second kappa shape index (κ2) is 7.45. The van der Waals surface area contributed by atoms with E-state index in [0.29, 0.717) is 11.2 Å². The number of amides is 2. The second-order valence-corrected chi connectivity index (χ2v) is 5.72. The molecule has 0 unspecified atom stereocenters. The lowest BCUT2D eigenvalue weighted by atomic mass is 10.2. The average Bonchev–Trinajstić information content (AvgIpc) is 2.65. The number of anilines is 1. The van der Waals surface area contributed by atoms with Crippen molar-refractivity contribution in [1.29, 1.82) is 0 Å². The molecule has 0 bridgehead atoms. The number of fused-ring (bicyclic) bond motifs is 1. The predicted molar refractivity (Wildman–Crippen MR) is 94.5 cm³/mol. The number of halogens is 3. The largest absolute Gasteiger partial charge is 0.405 e. The van der Waals surface area contributed by atoms with Crippen molar-refractivity contribution in [3.8, 4) is 0 Å². The highest BCUT2D eigenvalue weighted by atomic mass is 19.4. The molecule has 1 heterocycles. The van der Waals surface area contributed by atoms with Gasteiger partial charge in [-0.1, -0.05) is 24.3 Å². The van der Waals surface area contributed by atoms with Crippen LogP contribution in [-0.2, 0) is 0 Å². The normalized spacial score (nSPS) is 11.2. The number of nitrogens with one attached hydrogen (secondary N) is 2.